The molecule has 0 aliphatic carbocycles. The molecule has 4 aromatic rings. The standard InChI is InChI=1S/C32H40N10O6/c33-23(13-19-15-38-24-5-2-1-4-22(19)24)28(44)40-25(6-3-11-37-32(34)35)29(45)41-26(14-20-16-36-17-39-20)30(46)42-27(31(47)48)12-18-7-9-21(43)10-8-18/h1-2,4-5,7-10,15-17,23,25-27,38,43H,3,6,11-14,33H2,(H,36,39)(H,40,44)(H,41,45)(H,42,46)(H,47,48)(H4,34,35,37). The normalized spacial score (nSPS) is 13.5. The van der Waals surface area contributed by atoms with Crippen molar-refractivity contribution in [3.63, 3.8) is 0 Å². The highest BCUT2D eigenvalue weighted by Gasteiger charge is 2.31. The van der Waals surface area contributed by atoms with Crippen molar-refractivity contribution in [2.75, 3.05) is 6.54 Å². The van der Waals surface area contributed by atoms with Crippen molar-refractivity contribution in [2.45, 2.75) is 56.3 Å². The number of phenols is 1. The van der Waals surface area contributed by atoms with Crippen molar-refractivity contribution in [1.29, 1.82) is 0 Å². The maximum absolute atomic E-state index is 13.7. The van der Waals surface area contributed by atoms with E-state index in [9.17, 15) is 29.4 Å². The van der Waals surface area contributed by atoms with Gasteiger partial charge in [-0.05, 0) is 48.6 Å². The number of aromatic nitrogens is 3. The molecule has 0 aliphatic heterocycles. The van der Waals surface area contributed by atoms with Crippen molar-refractivity contribution in [3.05, 3.63) is 84.1 Å². The van der Waals surface area contributed by atoms with Crippen molar-refractivity contribution in [3.8, 4) is 5.75 Å². The number of aliphatic carboxylic acids is 1. The second-order valence-corrected chi connectivity index (χ2v) is 11.3. The van der Waals surface area contributed by atoms with Gasteiger partial charge in [0.05, 0.1) is 12.4 Å². The summed E-state index contributed by atoms with van der Waals surface area (Å²) in [5.41, 5.74) is 19.9. The zero-order chi connectivity index (χ0) is 34.6. The highest BCUT2D eigenvalue weighted by Crippen LogP contribution is 2.19. The molecule has 0 bridgehead atoms. The van der Waals surface area contributed by atoms with Crippen LogP contribution in [0, 0.1) is 0 Å². The first kappa shape index (κ1) is 35.0. The van der Waals surface area contributed by atoms with E-state index in [4.69, 9.17) is 17.2 Å². The van der Waals surface area contributed by atoms with Gasteiger partial charge in [0.1, 0.15) is 23.9 Å². The van der Waals surface area contributed by atoms with Crippen LogP contribution in [0.2, 0.25) is 0 Å². The zero-order valence-corrected chi connectivity index (χ0v) is 26.1. The van der Waals surface area contributed by atoms with Gasteiger partial charge in [-0.25, -0.2) is 9.78 Å². The summed E-state index contributed by atoms with van der Waals surface area (Å²) in [5.74, 6) is -3.47. The number of rotatable bonds is 17. The van der Waals surface area contributed by atoms with E-state index >= 15 is 0 Å². The number of carboxylic acids is 1. The van der Waals surface area contributed by atoms with Crippen LogP contribution in [0.15, 0.2) is 72.2 Å². The monoisotopic (exact) mass is 660 g/mol. The van der Waals surface area contributed by atoms with Gasteiger partial charge in [0.15, 0.2) is 5.96 Å². The lowest BCUT2D eigenvalue weighted by atomic mass is 10.0. The first-order valence-electron chi connectivity index (χ1n) is 15.2. The molecule has 2 heterocycles. The average molecular weight is 661 g/mol. The van der Waals surface area contributed by atoms with Gasteiger partial charge >= 0.3 is 5.97 Å². The van der Waals surface area contributed by atoms with Crippen LogP contribution in [-0.2, 0) is 38.4 Å². The molecular formula is C32H40N10O6. The Labute approximate surface area is 275 Å². The van der Waals surface area contributed by atoms with Crippen LogP contribution < -0.4 is 33.2 Å². The van der Waals surface area contributed by atoms with Crippen LogP contribution in [-0.4, -0.2) is 85.5 Å². The maximum atomic E-state index is 13.7. The SMILES string of the molecule is NC(N)=NCCCC(NC(=O)C(N)Cc1c[nH]c2ccccc12)C(=O)NC(Cc1cnc[nH]1)C(=O)NC(Cc1ccc(O)cc1)C(=O)O. The van der Waals surface area contributed by atoms with Gasteiger partial charge < -0.3 is 53.3 Å². The Morgan fingerprint density at radius 1 is 0.854 bits per heavy atom. The fourth-order valence-corrected chi connectivity index (χ4v) is 5.12. The number of aliphatic imine (C=N–C) groups is 1. The average Bonchev–Trinajstić information content (AvgIpc) is 3.72. The summed E-state index contributed by atoms with van der Waals surface area (Å²) in [6, 6.07) is 8.75. The summed E-state index contributed by atoms with van der Waals surface area (Å²) in [4.78, 5) is 66.5. The van der Waals surface area contributed by atoms with Crippen molar-refractivity contribution < 1.29 is 29.4 Å². The fourth-order valence-electron chi connectivity index (χ4n) is 5.12. The predicted molar refractivity (Wildman–Crippen MR) is 177 cm³/mol. The first-order chi connectivity index (χ1) is 23.0. The third-order valence-electron chi connectivity index (χ3n) is 7.63. The summed E-state index contributed by atoms with van der Waals surface area (Å²) < 4.78 is 0. The lowest BCUT2D eigenvalue weighted by Gasteiger charge is -2.25. The van der Waals surface area contributed by atoms with Crippen molar-refractivity contribution in [2.24, 2.45) is 22.2 Å². The number of phenolic OH excluding ortho intramolecular Hbond substituents is 1. The largest absolute Gasteiger partial charge is 0.508 e. The molecule has 3 amide bonds. The summed E-state index contributed by atoms with van der Waals surface area (Å²) in [6.07, 6.45) is 5.11. The third kappa shape index (κ3) is 10.1. The number of fused-ring (bicyclic) bond motifs is 1. The zero-order valence-electron chi connectivity index (χ0n) is 26.1. The Kier molecular flexibility index (Phi) is 12.1. The number of imidazole rings is 1. The Bertz CT molecular complexity index is 1720. The minimum absolute atomic E-state index is 0.0101. The summed E-state index contributed by atoms with van der Waals surface area (Å²) in [7, 11) is 0. The number of guanidine groups is 1. The van der Waals surface area contributed by atoms with Gasteiger partial charge in [-0.15, -0.1) is 0 Å². The molecule has 16 nitrogen and oxygen atoms in total. The number of carbonyl (C=O) groups excluding carboxylic acids is 3. The molecule has 2 aromatic heterocycles. The number of nitrogens with one attached hydrogen (secondary N) is 5. The molecule has 0 saturated carbocycles. The van der Waals surface area contributed by atoms with E-state index in [1.165, 1.54) is 24.7 Å². The molecule has 13 N–H and O–H groups in total. The lowest BCUT2D eigenvalue weighted by molar-refractivity contribution is -0.142. The number of benzene rings is 2. The van der Waals surface area contributed by atoms with Crippen LogP contribution in [0.4, 0.5) is 0 Å². The quantitative estimate of drug-likeness (QED) is 0.0395. The van der Waals surface area contributed by atoms with E-state index < -0.39 is 47.9 Å². The van der Waals surface area contributed by atoms with E-state index in [-0.39, 0.29) is 43.9 Å². The summed E-state index contributed by atoms with van der Waals surface area (Å²) in [6.45, 7) is 0.180. The molecule has 4 atom stereocenters. The van der Waals surface area contributed by atoms with Crippen LogP contribution in [0.1, 0.15) is 29.7 Å². The predicted octanol–water partition coefficient (Wildman–Crippen LogP) is -0.456. The Balaban J connectivity index is 1.49. The second kappa shape index (κ2) is 16.6. The fraction of sp³-hybridized carbons (Fsp3) is 0.312. The van der Waals surface area contributed by atoms with E-state index in [0.717, 1.165) is 16.5 Å². The Hall–Kier alpha value is -5.90. The van der Waals surface area contributed by atoms with E-state index in [2.05, 4.69) is 35.9 Å². The molecule has 48 heavy (non-hydrogen) atoms. The number of hydrogen-bond donors (Lipinski definition) is 10. The molecule has 2 aromatic carbocycles. The molecule has 254 valence electrons. The van der Waals surface area contributed by atoms with Crippen LogP contribution in [0.3, 0.4) is 0 Å². The van der Waals surface area contributed by atoms with Crippen LogP contribution in [0.25, 0.3) is 10.9 Å². The molecule has 4 unspecified atom stereocenters. The minimum atomic E-state index is -1.35. The molecular weight excluding hydrogens is 620 g/mol. The van der Waals surface area contributed by atoms with Crippen molar-refractivity contribution in [1.82, 2.24) is 30.9 Å². The van der Waals surface area contributed by atoms with Gasteiger partial charge in [0.25, 0.3) is 0 Å². The number of hydrogen-bond acceptors (Lipinski definition) is 8. The molecule has 0 fully saturated rings. The molecule has 0 aliphatic rings. The highest BCUT2D eigenvalue weighted by molar-refractivity contribution is 5.94. The molecule has 0 radical (unpaired) electrons. The van der Waals surface area contributed by atoms with E-state index in [0.29, 0.717) is 17.7 Å². The Morgan fingerprint density at radius 3 is 2.23 bits per heavy atom. The van der Waals surface area contributed by atoms with E-state index in [1.54, 1.807) is 18.3 Å². The number of amides is 3. The summed E-state index contributed by atoms with van der Waals surface area (Å²) >= 11 is 0. The second-order valence-electron chi connectivity index (χ2n) is 11.3. The van der Waals surface area contributed by atoms with Gasteiger partial charge in [-0.2, -0.15) is 0 Å². The number of H-pyrrole nitrogens is 2. The van der Waals surface area contributed by atoms with Gasteiger partial charge in [0.2, 0.25) is 17.7 Å². The number of aromatic hydroxyl groups is 1. The van der Waals surface area contributed by atoms with Crippen molar-refractivity contribution >= 4 is 40.6 Å². The summed E-state index contributed by atoms with van der Waals surface area (Å²) in [5, 5.41) is 28.2. The number of nitrogens with two attached hydrogens (primary N) is 3. The van der Waals surface area contributed by atoms with Crippen LogP contribution >= 0.6 is 0 Å². The molecule has 16 heteroatoms. The number of nitrogens with zero attached hydrogens (tertiary/aromatic N) is 2. The molecule has 0 spiro atoms. The van der Waals surface area contributed by atoms with Gasteiger partial charge in [0, 0.05) is 48.4 Å². The van der Waals surface area contributed by atoms with Gasteiger partial charge in [-0.3, -0.25) is 19.4 Å². The Morgan fingerprint density at radius 2 is 1.54 bits per heavy atom. The van der Waals surface area contributed by atoms with Crippen LogP contribution in [0.5, 0.6) is 5.75 Å². The molecule has 0 saturated heterocycles. The number of carbonyl (C=O) groups is 4. The molecule has 4 rings (SSSR count). The number of aromatic amines is 2. The number of para-hydroxylation sites is 1. The maximum Gasteiger partial charge on any atom is 0.326 e. The third-order valence-corrected chi connectivity index (χ3v) is 7.63. The number of carboxylic acid groups (broad SMARTS) is 1. The topological polar surface area (TPSA) is 280 Å². The highest BCUT2D eigenvalue weighted by atomic mass is 16.4. The van der Waals surface area contributed by atoms with E-state index in [1.807, 2.05) is 24.3 Å². The first-order valence-corrected chi connectivity index (χ1v) is 15.2. The smallest absolute Gasteiger partial charge is 0.326 e. The lowest BCUT2D eigenvalue weighted by Crippen LogP contribution is -2.58. The van der Waals surface area contributed by atoms with Gasteiger partial charge in [-0.1, -0.05) is 30.3 Å². The minimum Gasteiger partial charge on any atom is -0.508 e.